The van der Waals surface area contributed by atoms with E-state index in [2.05, 4.69) is 15.9 Å². The molecule has 0 fully saturated rings. The van der Waals surface area contributed by atoms with Crippen molar-refractivity contribution in [3.8, 4) is 5.75 Å². The van der Waals surface area contributed by atoms with Gasteiger partial charge >= 0.3 is 6.18 Å². The average Bonchev–Trinajstić information content (AvgIpc) is 2.18. The average molecular weight is 333 g/mol. The number of fused-ring (bicyclic) bond motifs is 1. The van der Waals surface area contributed by atoms with Gasteiger partial charge in [-0.1, -0.05) is 0 Å². The fraction of sp³-hybridized carbons (Fsp3) is 0.400. The van der Waals surface area contributed by atoms with Crippen molar-refractivity contribution in [3.63, 3.8) is 0 Å². The van der Waals surface area contributed by atoms with Crippen LogP contribution in [0, 0.1) is 0 Å². The Morgan fingerprint density at radius 2 is 2.00 bits per heavy atom. The fourth-order valence-electron chi connectivity index (χ4n) is 1.65. The third-order valence-electron chi connectivity index (χ3n) is 2.47. The summed E-state index contributed by atoms with van der Waals surface area (Å²) >= 11 is 3.07. The van der Waals surface area contributed by atoms with Crippen molar-refractivity contribution in [2.24, 2.45) is 5.73 Å². The molecule has 1 heterocycles. The van der Waals surface area contributed by atoms with Crippen LogP contribution < -0.4 is 10.5 Å². The summed E-state index contributed by atoms with van der Waals surface area (Å²) in [6, 6.07) is 1.67. The van der Waals surface area contributed by atoms with Gasteiger partial charge < -0.3 is 10.5 Å². The van der Waals surface area contributed by atoms with Crippen LogP contribution in [0.5, 0.6) is 5.75 Å². The number of hydrogen-bond acceptors (Lipinski definition) is 2. The lowest BCUT2D eigenvalue weighted by atomic mass is 9.99. The zero-order valence-electron chi connectivity index (χ0n) is 8.55. The van der Waals surface area contributed by atoms with Crippen molar-refractivity contribution in [3.05, 3.63) is 27.7 Å². The molecule has 96 valence electrons. The molecule has 0 radical (unpaired) electrons. The second kappa shape index (κ2) is 5.04. The summed E-state index contributed by atoms with van der Waals surface area (Å²) in [4.78, 5) is 0. The molecule has 2 nitrogen and oxygen atoms in total. The van der Waals surface area contributed by atoms with Crippen molar-refractivity contribution in [1.82, 2.24) is 0 Å². The standard InChI is InChI=1S/C10H9BrF3NO.ClH/c11-7-4-5(10(12,13)14)3-6-8(15)1-2-16-9(6)7;/h3-4,8H,1-2,15H2;1H/t8-;/m0./s1. The van der Waals surface area contributed by atoms with Crippen molar-refractivity contribution in [1.29, 1.82) is 0 Å². The van der Waals surface area contributed by atoms with Gasteiger partial charge in [0.05, 0.1) is 16.6 Å². The lowest BCUT2D eigenvalue weighted by molar-refractivity contribution is -0.137. The van der Waals surface area contributed by atoms with Crippen LogP contribution in [-0.2, 0) is 6.18 Å². The molecular formula is C10H10BrClF3NO. The summed E-state index contributed by atoms with van der Waals surface area (Å²) in [5.41, 5.74) is 5.46. The van der Waals surface area contributed by atoms with E-state index in [1.165, 1.54) is 0 Å². The highest BCUT2D eigenvalue weighted by Gasteiger charge is 2.33. The number of alkyl halides is 3. The molecular weight excluding hydrogens is 322 g/mol. The summed E-state index contributed by atoms with van der Waals surface area (Å²) in [5.74, 6) is 0.423. The van der Waals surface area contributed by atoms with E-state index in [0.717, 1.165) is 12.1 Å². The third kappa shape index (κ3) is 2.86. The minimum atomic E-state index is -4.37. The topological polar surface area (TPSA) is 35.2 Å². The number of halogens is 5. The van der Waals surface area contributed by atoms with Crippen molar-refractivity contribution >= 4 is 28.3 Å². The molecule has 0 unspecified atom stereocenters. The maximum atomic E-state index is 12.6. The SMILES string of the molecule is Cl.N[C@H]1CCOc2c(Br)cc(C(F)(F)F)cc21. The molecule has 0 aromatic heterocycles. The largest absolute Gasteiger partial charge is 0.492 e. The first-order chi connectivity index (χ1) is 7.39. The summed E-state index contributed by atoms with van der Waals surface area (Å²) in [5, 5.41) is 0. The maximum absolute atomic E-state index is 12.6. The van der Waals surface area contributed by atoms with Crippen LogP contribution in [0.1, 0.15) is 23.6 Å². The van der Waals surface area contributed by atoms with Crippen molar-refractivity contribution in [2.75, 3.05) is 6.61 Å². The predicted molar refractivity (Wildman–Crippen MR) is 63.4 cm³/mol. The van der Waals surface area contributed by atoms with E-state index >= 15 is 0 Å². The number of ether oxygens (including phenoxy) is 1. The molecule has 1 atom stereocenters. The molecule has 0 saturated carbocycles. The molecule has 0 amide bonds. The number of hydrogen-bond donors (Lipinski definition) is 1. The molecule has 0 spiro atoms. The highest BCUT2D eigenvalue weighted by atomic mass is 79.9. The summed E-state index contributed by atoms with van der Waals surface area (Å²) in [6.07, 6.45) is -3.84. The lowest BCUT2D eigenvalue weighted by Crippen LogP contribution is -2.22. The molecule has 2 N–H and O–H groups in total. The van der Waals surface area contributed by atoms with E-state index in [1.807, 2.05) is 0 Å². The fourth-order valence-corrected chi connectivity index (χ4v) is 2.24. The Balaban J connectivity index is 0.00000144. The van der Waals surface area contributed by atoms with Crippen molar-refractivity contribution in [2.45, 2.75) is 18.6 Å². The number of benzene rings is 1. The molecule has 1 aliphatic rings. The smallest absolute Gasteiger partial charge is 0.416 e. The first-order valence-electron chi connectivity index (χ1n) is 4.68. The summed E-state index contributed by atoms with van der Waals surface area (Å²) in [7, 11) is 0. The van der Waals surface area contributed by atoms with Gasteiger partial charge in [0.2, 0.25) is 0 Å². The highest BCUT2D eigenvalue weighted by molar-refractivity contribution is 9.10. The quantitative estimate of drug-likeness (QED) is 0.787. The van der Waals surface area contributed by atoms with E-state index in [9.17, 15) is 13.2 Å². The lowest BCUT2D eigenvalue weighted by Gasteiger charge is -2.25. The summed E-state index contributed by atoms with van der Waals surface area (Å²) in [6.45, 7) is 0.429. The van der Waals surface area contributed by atoms with Gasteiger partial charge in [0.1, 0.15) is 5.75 Å². The first-order valence-corrected chi connectivity index (χ1v) is 5.48. The normalized spacial score (nSPS) is 19.0. The molecule has 1 aromatic rings. The van der Waals surface area contributed by atoms with E-state index in [-0.39, 0.29) is 12.4 Å². The van der Waals surface area contributed by atoms with Gasteiger partial charge in [-0.2, -0.15) is 13.2 Å². The van der Waals surface area contributed by atoms with Crippen LogP contribution in [0.3, 0.4) is 0 Å². The molecule has 0 saturated heterocycles. The Morgan fingerprint density at radius 1 is 1.35 bits per heavy atom. The molecule has 0 bridgehead atoms. The van der Waals surface area contributed by atoms with Crippen LogP contribution in [0.15, 0.2) is 16.6 Å². The Hall–Kier alpha value is -0.460. The highest BCUT2D eigenvalue weighted by Crippen LogP contribution is 2.41. The van der Waals surface area contributed by atoms with Gasteiger partial charge in [-0.25, -0.2) is 0 Å². The third-order valence-corrected chi connectivity index (χ3v) is 3.06. The van der Waals surface area contributed by atoms with Gasteiger partial charge in [0, 0.05) is 18.0 Å². The van der Waals surface area contributed by atoms with Crippen LogP contribution >= 0.6 is 28.3 Å². The molecule has 1 aromatic carbocycles. The van der Waals surface area contributed by atoms with Gasteiger partial charge in [0.25, 0.3) is 0 Å². The molecule has 1 aliphatic heterocycles. The van der Waals surface area contributed by atoms with E-state index in [1.54, 1.807) is 0 Å². The van der Waals surface area contributed by atoms with Crippen molar-refractivity contribution < 1.29 is 17.9 Å². The molecule has 7 heteroatoms. The Kier molecular flexibility index (Phi) is 4.33. The Bertz CT molecular complexity index is 425. The van der Waals surface area contributed by atoms with Gasteiger partial charge in [-0.3, -0.25) is 0 Å². The second-order valence-electron chi connectivity index (χ2n) is 3.62. The summed E-state index contributed by atoms with van der Waals surface area (Å²) < 4.78 is 43.3. The number of rotatable bonds is 0. The van der Waals surface area contributed by atoms with Crippen LogP contribution in [0.4, 0.5) is 13.2 Å². The van der Waals surface area contributed by atoms with Crippen LogP contribution in [-0.4, -0.2) is 6.61 Å². The second-order valence-corrected chi connectivity index (χ2v) is 4.47. The molecule has 0 aliphatic carbocycles. The van der Waals surface area contributed by atoms with Crippen LogP contribution in [0.2, 0.25) is 0 Å². The molecule has 2 rings (SSSR count). The minimum Gasteiger partial charge on any atom is -0.492 e. The monoisotopic (exact) mass is 331 g/mol. The van der Waals surface area contributed by atoms with Crippen LogP contribution in [0.25, 0.3) is 0 Å². The first kappa shape index (κ1) is 14.6. The predicted octanol–water partition coefficient (Wildman–Crippen LogP) is 3.67. The zero-order valence-corrected chi connectivity index (χ0v) is 11.0. The van der Waals surface area contributed by atoms with E-state index in [4.69, 9.17) is 10.5 Å². The number of nitrogens with two attached hydrogens (primary N) is 1. The zero-order chi connectivity index (χ0) is 11.9. The maximum Gasteiger partial charge on any atom is 0.416 e. The Morgan fingerprint density at radius 3 is 2.59 bits per heavy atom. The molecule has 17 heavy (non-hydrogen) atoms. The Labute approximate surface area is 111 Å². The minimum absolute atomic E-state index is 0. The van der Waals surface area contributed by atoms with E-state index in [0.29, 0.717) is 28.8 Å². The van der Waals surface area contributed by atoms with E-state index < -0.39 is 17.8 Å². The van der Waals surface area contributed by atoms with Gasteiger partial charge in [-0.05, 0) is 28.1 Å². The van der Waals surface area contributed by atoms with Gasteiger partial charge in [-0.15, -0.1) is 12.4 Å². The van der Waals surface area contributed by atoms with Gasteiger partial charge in [0.15, 0.2) is 0 Å².